The van der Waals surface area contributed by atoms with E-state index in [0.29, 0.717) is 33.9 Å². The molecule has 1 unspecified atom stereocenters. The highest BCUT2D eigenvalue weighted by molar-refractivity contribution is 8.15. The molecular formula is C20H18ClN3O4S. The van der Waals surface area contributed by atoms with Gasteiger partial charge in [-0.2, -0.15) is 0 Å². The van der Waals surface area contributed by atoms with E-state index in [1.165, 1.54) is 16.7 Å². The number of halogens is 1. The van der Waals surface area contributed by atoms with Gasteiger partial charge in [-0.05, 0) is 43.3 Å². The summed E-state index contributed by atoms with van der Waals surface area (Å²) < 4.78 is 10.7. The number of ether oxygens (including phenoxy) is 2. The lowest BCUT2D eigenvalue weighted by Crippen LogP contribution is -2.31. The Labute approximate surface area is 177 Å². The smallest absolute Gasteiger partial charge is 0.247 e. The van der Waals surface area contributed by atoms with Gasteiger partial charge >= 0.3 is 0 Å². The Hall–Kier alpha value is -2.71. The van der Waals surface area contributed by atoms with Crippen LogP contribution in [-0.4, -0.2) is 35.6 Å². The summed E-state index contributed by atoms with van der Waals surface area (Å²) in [6, 6.07) is 12.1. The molecule has 0 saturated carbocycles. The number of amides is 2. The van der Waals surface area contributed by atoms with Crippen LogP contribution in [-0.2, 0) is 9.59 Å². The highest BCUT2D eigenvalue weighted by atomic mass is 35.5. The molecular weight excluding hydrogens is 414 g/mol. The Morgan fingerprint density at radius 3 is 2.72 bits per heavy atom. The van der Waals surface area contributed by atoms with Crippen LogP contribution >= 0.6 is 23.4 Å². The number of carbonyl (C=O) groups excluding carboxylic acids is 2. The fourth-order valence-corrected chi connectivity index (χ4v) is 4.25. The van der Waals surface area contributed by atoms with E-state index in [1.807, 2.05) is 25.1 Å². The van der Waals surface area contributed by atoms with Gasteiger partial charge in [-0.25, -0.2) is 4.90 Å². The van der Waals surface area contributed by atoms with Crippen molar-refractivity contribution in [2.45, 2.75) is 18.6 Å². The molecule has 150 valence electrons. The molecule has 4 rings (SSSR count). The van der Waals surface area contributed by atoms with Gasteiger partial charge in [0.15, 0.2) is 16.7 Å². The Morgan fingerprint density at radius 1 is 1.21 bits per heavy atom. The molecule has 1 N–H and O–H groups in total. The van der Waals surface area contributed by atoms with Crippen LogP contribution in [0.3, 0.4) is 0 Å². The highest BCUT2D eigenvalue weighted by Gasteiger charge is 2.40. The third kappa shape index (κ3) is 4.18. The number of aliphatic imine (C=N–C) groups is 1. The van der Waals surface area contributed by atoms with Crippen LogP contribution in [0.5, 0.6) is 11.5 Å². The zero-order valence-electron chi connectivity index (χ0n) is 15.6. The average Bonchev–Trinajstić information content (AvgIpc) is 3.27. The molecule has 7 nitrogen and oxygen atoms in total. The summed E-state index contributed by atoms with van der Waals surface area (Å²) in [5.74, 6) is 0.830. The third-order valence-corrected chi connectivity index (χ3v) is 5.73. The monoisotopic (exact) mass is 431 g/mol. The van der Waals surface area contributed by atoms with Crippen molar-refractivity contribution in [1.29, 1.82) is 0 Å². The first-order valence-corrected chi connectivity index (χ1v) is 10.3. The van der Waals surface area contributed by atoms with Crippen molar-refractivity contribution >= 4 is 51.7 Å². The lowest BCUT2D eigenvalue weighted by atomic mass is 10.3. The minimum Gasteiger partial charge on any atom is -0.454 e. The van der Waals surface area contributed by atoms with Crippen LogP contribution in [0.2, 0.25) is 5.02 Å². The lowest BCUT2D eigenvalue weighted by molar-refractivity contribution is -0.121. The second-order valence-electron chi connectivity index (χ2n) is 6.33. The van der Waals surface area contributed by atoms with Crippen molar-refractivity contribution < 1.29 is 19.1 Å². The topological polar surface area (TPSA) is 80.2 Å². The van der Waals surface area contributed by atoms with Crippen LogP contribution < -0.4 is 19.7 Å². The molecule has 0 spiro atoms. The van der Waals surface area contributed by atoms with Gasteiger partial charge in [-0.15, -0.1) is 0 Å². The summed E-state index contributed by atoms with van der Waals surface area (Å²) in [7, 11) is 0. The minimum atomic E-state index is -0.551. The van der Waals surface area contributed by atoms with Crippen LogP contribution in [0.4, 0.5) is 11.4 Å². The second-order valence-corrected chi connectivity index (χ2v) is 7.95. The minimum absolute atomic E-state index is 0.109. The van der Waals surface area contributed by atoms with E-state index >= 15 is 0 Å². The van der Waals surface area contributed by atoms with Gasteiger partial charge < -0.3 is 14.8 Å². The first kappa shape index (κ1) is 19.6. The summed E-state index contributed by atoms with van der Waals surface area (Å²) in [6.07, 6.45) is 0.109. The second kappa shape index (κ2) is 8.34. The Bertz CT molecular complexity index is 980. The fraction of sp³-hybridized carbons (Fsp3) is 0.250. The maximum Gasteiger partial charge on any atom is 0.247 e. The molecule has 0 aliphatic carbocycles. The number of nitrogens with zero attached hydrogens (tertiary/aromatic N) is 2. The SMILES string of the molecule is CCN=C(Nc1ccc2c(c1)OCO2)SC1CC(=O)N(c2ccc(Cl)cc2)C1=O. The van der Waals surface area contributed by atoms with Crippen LogP contribution in [0.25, 0.3) is 0 Å². The number of hydrogen-bond acceptors (Lipinski definition) is 6. The summed E-state index contributed by atoms with van der Waals surface area (Å²) in [5.41, 5.74) is 1.28. The zero-order valence-corrected chi connectivity index (χ0v) is 17.1. The highest BCUT2D eigenvalue weighted by Crippen LogP contribution is 2.35. The average molecular weight is 432 g/mol. The van der Waals surface area contributed by atoms with Gasteiger partial charge in [0.1, 0.15) is 5.25 Å². The van der Waals surface area contributed by atoms with Crippen molar-refractivity contribution in [2.75, 3.05) is 23.6 Å². The van der Waals surface area contributed by atoms with Crippen LogP contribution in [0.15, 0.2) is 47.5 Å². The van der Waals surface area contributed by atoms with Crippen molar-refractivity contribution in [3.63, 3.8) is 0 Å². The fourth-order valence-electron chi connectivity index (χ4n) is 3.04. The van der Waals surface area contributed by atoms with Gasteiger partial charge in [0.25, 0.3) is 0 Å². The number of nitrogens with one attached hydrogen (secondary N) is 1. The molecule has 1 atom stereocenters. The van der Waals surface area contributed by atoms with E-state index < -0.39 is 5.25 Å². The van der Waals surface area contributed by atoms with Crippen LogP contribution in [0, 0.1) is 0 Å². The van der Waals surface area contributed by atoms with E-state index in [0.717, 1.165) is 5.69 Å². The van der Waals surface area contributed by atoms with Gasteiger partial charge in [0.05, 0.1) is 5.69 Å². The maximum absolute atomic E-state index is 12.9. The first-order valence-electron chi connectivity index (χ1n) is 9.05. The third-order valence-electron chi connectivity index (χ3n) is 4.37. The molecule has 9 heteroatoms. The molecule has 2 aromatic carbocycles. The number of amidine groups is 1. The van der Waals surface area contributed by atoms with E-state index in [4.69, 9.17) is 21.1 Å². The molecule has 1 fully saturated rings. The molecule has 0 bridgehead atoms. The first-order chi connectivity index (χ1) is 14.0. The molecule has 0 aromatic heterocycles. The number of carbonyl (C=O) groups is 2. The van der Waals surface area contributed by atoms with Crippen molar-refractivity contribution in [3.05, 3.63) is 47.5 Å². The largest absolute Gasteiger partial charge is 0.454 e. The van der Waals surface area contributed by atoms with E-state index in [2.05, 4.69) is 10.3 Å². The van der Waals surface area contributed by atoms with Crippen LogP contribution in [0.1, 0.15) is 13.3 Å². The van der Waals surface area contributed by atoms with Crippen molar-refractivity contribution in [3.8, 4) is 11.5 Å². The summed E-state index contributed by atoms with van der Waals surface area (Å²) >= 11 is 7.15. The number of thioether (sulfide) groups is 1. The number of fused-ring (bicyclic) bond motifs is 1. The van der Waals surface area contributed by atoms with E-state index in [1.54, 1.807) is 24.3 Å². The molecule has 2 amide bonds. The summed E-state index contributed by atoms with van der Waals surface area (Å²) in [4.78, 5) is 31.0. The molecule has 29 heavy (non-hydrogen) atoms. The van der Waals surface area contributed by atoms with Gasteiger partial charge in [0, 0.05) is 29.7 Å². The standard InChI is InChI=1S/C20H18ClN3O4S/c1-2-22-20(23-13-5-8-15-16(9-13)28-11-27-15)29-17-10-18(25)24(19(17)26)14-6-3-12(21)4-7-14/h3-9,17H,2,10-11H2,1H3,(H,22,23). The number of imide groups is 1. The summed E-state index contributed by atoms with van der Waals surface area (Å²) in [6.45, 7) is 2.64. The molecule has 2 aliphatic rings. The lowest BCUT2D eigenvalue weighted by Gasteiger charge is -2.16. The predicted molar refractivity (Wildman–Crippen MR) is 114 cm³/mol. The van der Waals surface area contributed by atoms with E-state index in [9.17, 15) is 9.59 Å². The normalized spacial score (nSPS) is 18.5. The summed E-state index contributed by atoms with van der Waals surface area (Å²) in [5, 5.41) is 3.77. The molecule has 2 aliphatic heterocycles. The number of benzene rings is 2. The Morgan fingerprint density at radius 2 is 1.97 bits per heavy atom. The quantitative estimate of drug-likeness (QED) is 0.449. The van der Waals surface area contributed by atoms with Crippen molar-refractivity contribution in [2.24, 2.45) is 4.99 Å². The van der Waals surface area contributed by atoms with Gasteiger partial charge in [0.2, 0.25) is 18.6 Å². The Kier molecular flexibility index (Phi) is 5.64. The van der Waals surface area contributed by atoms with E-state index in [-0.39, 0.29) is 25.0 Å². The number of rotatable bonds is 4. The van der Waals surface area contributed by atoms with Gasteiger partial charge in [-0.1, -0.05) is 23.4 Å². The molecule has 1 saturated heterocycles. The zero-order chi connectivity index (χ0) is 20.4. The molecule has 0 radical (unpaired) electrons. The predicted octanol–water partition coefficient (Wildman–Crippen LogP) is 3.92. The molecule has 2 aromatic rings. The maximum atomic E-state index is 12.9. The van der Waals surface area contributed by atoms with Gasteiger partial charge in [-0.3, -0.25) is 14.6 Å². The number of hydrogen-bond donors (Lipinski definition) is 1. The molecule has 2 heterocycles. The van der Waals surface area contributed by atoms with Crippen molar-refractivity contribution in [1.82, 2.24) is 0 Å². The number of anilines is 2. The Balaban J connectivity index is 1.48.